The van der Waals surface area contributed by atoms with Crippen molar-refractivity contribution in [2.24, 2.45) is 0 Å². The summed E-state index contributed by atoms with van der Waals surface area (Å²) < 4.78 is 46.7. The van der Waals surface area contributed by atoms with Crippen molar-refractivity contribution in [3.63, 3.8) is 0 Å². The number of nitrogens with one attached hydrogen (secondary N) is 1. The first-order chi connectivity index (χ1) is 16.5. The largest absolute Gasteiger partial charge is 0.573 e. The fourth-order valence-corrected chi connectivity index (χ4v) is 5.60. The normalized spacial score (nSPS) is 18.6. The molecule has 0 radical (unpaired) electrons. The predicted molar refractivity (Wildman–Crippen MR) is 131 cm³/mol. The summed E-state index contributed by atoms with van der Waals surface area (Å²) in [5.74, 6) is -0.223. The Bertz CT molecular complexity index is 1080. The molecule has 8 heteroatoms. The summed E-state index contributed by atoms with van der Waals surface area (Å²) in [6.45, 7) is 1.82. The zero-order chi connectivity index (χ0) is 23.5. The molecule has 2 heterocycles. The van der Waals surface area contributed by atoms with E-state index in [1.54, 1.807) is 12.1 Å². The van der Waals surface area contributed by atoms with Crippen molar-refractivity contribution >= 4 is 29.2 Å². The van der Waals surface area contributed by atoms with Crippen LogP contribution in [-0.4, -0.2) is 29.8 Å². The number of para-hydroxylation sites is 2. The van der Waals surface area contributed by atoms with Gasteiger partial charge in [-0.1, -0.05) is 36.4 Å². The van der Waals surface area contributed by atoms with E-state index in [2.05, 4.69) is 67.2 Å². The quantitative estimate of drug-likeness (QED) is 0.394. The maximum atomic E-state index is 12.4. The third-order valence-electron chi connectivity index (χ3n) is 6.27. The molecule has 2 aliphatic rings. The average Bonchev–Trinajstić information content (AvgIpc) is 3.00. The van der Waals surface area contributed by atoms with Gasteiger partial charge in [-0.25, -0.2) is 4.31 Å². The Morgan fingerprint density at radius 1 is 0.853 bits per heavy atom. The monoisotopic (exact) mass is 485 g/mol. The highest BCUT2D eigenvalue weighted by atomic mass is 32.2. The molecule has 3 aromatic rings. The second-order valence-electron chi connectivity index (χ2n) is 8.58. The van der Waals surface area contributed by atoms with Crippen LogP contribution in [0.15, 0.2) is 72.8 Å². The molecule has 1 fully saturated rings. The van der Waals surface area contributed by atoms with Gasteiger partial charge in [-0.3, -0.25) is 0 Å². The molecule has 0 amide bonds. The van der Waals surface area contributed by atoms with Gasteiger partial charge < -0.3 is 14.4 Å². The standard InChI is InChI=1S/C26H26F3N3OS/c27-26(28,29)33-23-15-13-21(14-16-23)30-34-31-17-5-8-22(18-31)32-24-9-3-1-6-19(24)11-12-20-7-2-4-10-25(20)32/h1-4,6-7,9-10,13-16,22,30H,5,8,11-12,17-18H2. The number of nitrogens with zero attached hydrogens (tertiary/aromatic N) is 2. The molecule has 0 saturated carbocycles. The van der Waals surface area contributed by atoms with E-state index in [4.69, 9.17) is 0 Å². The molecular formula is C26H26F3N3OS. The average molecular weight is 486 g/mol. The zero-order valence-electron chi connectivity index (χ0n) is 18.6. The van der Waals surface area contributed by atoms with Gasteiger partial charge in [0.05, 0.1) is 0 Å². The van der Waals surface area contributed by atoms with Crippen LogP contribution in [0.1, 0.15) is 24.0 Å². The summed E-state index contributed by atoms with van der Waals surface area (Å²) in [6.07, 6.45) is -0.451. The van der Waals surface area contributed by atoms with E-state index in [1.807, 2.05) is 0 Å². The van der Waals surface area contributed by atoms with Crippen molar-refractivity contribution in [1.82, 2.24) is 4.31 Å². The highest BCUT2D eigenvalue weighted by Crippen LogP contribution is 2.40. The number of rotatable bonds is 5. The van der Waals surface area contributed by atoms with E-state index in [1.165, 1.54) is 46.8 Å². The molecule has 178 valence electrons. The van der Waals surface area contributed by atoms with E-state index in [9.17, 15) is 13.2 Å². The molecule has 1 atom stereocenters. The van der Waals surface area contributed by atoms with Crippen LogP contribution in [0.4, 0.5) is 30.2 Å². The zero-order valence-corrected chi connectivity index (χ0v) is 19.4. The Labute approximate surface area is 202 Å². The van der Waals surface area contributed by atoms with Gasteiger partial charge in [-0.2, -0.15) is 0 Å². The van der Waals surface area contributed by atoms with Gasteiger partial charge >= 0.3 is 6.36 Å². The third-order valence-corrected chi connectivity index (χ3v) is 7.19. The molecule has 1 unspecified atom stereocenters. The number of alkyl halides is 3. The topological polar surface area (TPSA) is 27.7 Å². The van der Waals surface area contributed by atoms with Gasteiger partial charge in [-0.15, -0.1) is 13.2 Å². The van der Waals surface area contributed by atoms with E-state index < -0.39 is 6.36 Å². The number of benzene rings is 3. The van der Waals surface area contributed by atoms with E-state index in [0.29, 0.717) is 6.04 Å². The lowest BCUT2D eigenvalue weighted by molar-refractivity contribution is -0.274. The van der Waals surface area contributed by atoms with Crippen molar-refractivity contribution in [1.29, 1.82) is 0 Å². The molecule has 4 nitrogen and oxygen atoms in total. The molecule has 5 rings (SSSR count). The van der Waals surface area contributed by atoms with Crippen molar-refractivity contribution in [3.8, 4) is 5.75 Å². The van der Waals surface area contributed by atoms with Crippen LogP contribution in [0.2, 0.25) is 0 Å². The van der Waals surface area contributed by atoms with Crippen LogP contribution < -0.4 is 14.4 Å². The van der Waals surface area contributed by atoms with Crippen molar-refractivity contribution < 1.29 is 17.9 Å². The lowest BCUT2D eigenvalue weighted by Crippen LogP contribution is -2.44. The van der Waals surface area contributed by atoms with Crippen molar-refractivity contribution in [2.75, 3.05) is 22.7 Å². The Hall–Kier alpha value is -2.84. The van der Waals surface area contributed by atoms with Crippen molar-refractivity contribution in [2.45, 2.75) is 38.1 Å². The van der Waals surface area contributed by atoms with E-state index in [-0.39, 0.29) is 5.75 Å². The van der Waals surface area contributed by atoms with Gasteiger partial charge in [0.25, 0.3) is 0 Å². The number of aryl methyl sites for hydroxylation is 2. The second-order valence-corrected chi connectivity index (χ2v) is 9.48. The van der Waals surface area contributed by atoms with Gasteiger partial charge in [0.2, 0.25) is 0 Å². The molecule has 0 spiro atoms. The van der Waals surface area contributed by atoms with Crippen molar-refractivity contribution in [3.05, 3.63) is 83.9 Å². The third kappa shape index (κ3) is 5.28. The van der Waals surface area contributed by atoms with Crippen LogP contribution in [-0.2, 0) is 12.8 Å². The number of hydrogen-bond acceptors (Lipinski definition) is 5. The first-order valence-corrected chi connectivity index (χ1v) is 12.2. The second kappa shape index (κ2) is 9.80. The number of anilines is 3. The Balaban J connectivity index is 1.29. The minimum absolute atomic E-state index is 0.223. The number of piperidine rings is 1. The molecule has 1 saturated heterocycles. The Morgan fingerprint density at radius 3 is 2.09 bits per heavy atom. The molecule has 1 N–H and O–H groups in total. The molecule has 34 heavy (non-hydrogen) atoms. The lowest BCUT2D eigenvalue weighted by atomic mass is 10.0. The summed E-state index contributed by atoms with van der Waals surface area (Å²) in [5.41, 5.74) is 6.06. The molecule has 2 aliphatic heterocycles. The molecular weight excluding hydrogens is 459 g/mol. The van der Waals surface area contributed by atoms with Crippen LogP contribution >= 0.6 is 12.1 Å². The fourth-order valence-electron chi connectivity index (χ4n) is 4.76. The molecule has 0 aromatic heterocycles. The molecule has 0 aliphatic carbocycles. The number of halogens is 3. The lowest BCUT2D eigenvalue weighted by Gasteiger charge is -2.40. The first-order valence-electron chi connectivity index (χ1n) is 11.4. The minimum Gasteiger partial charge on any atom is -0.406 e. The number of fused-ring (bicyclic) bond motifs is 2. The summed E-state index contributed by atoms with van der Waals surface area (Å²) in [5, 5.41) is 0. The van der Waals surface area contributed by atoms with E-state index in [0.717, 1.165) is 44.5 Å². The molecule has 0 bridgehead atoms. The van der Waals surface area contributed by atoms with Gasteiger partial charge in [-0.05, 0) is 73.2 Å². The highest BCUT2D eigenvalue weighted by Gasteiger charge is 2.32. The number of ether oxygens (including phenoxy) is 1. The van der Waals surface area contributed by atoms with Crippen LogP contribution in [0, 0.1) is 0 Å². The van der Waals surface area contributed by atoms with Crippen LogP contribution in [0.5, 0.6) is 5.75 Å². The predicted octanol–water partition coefficient (Wildman–Crippen LogP) is 6.96. The van der Waals surface area contributed by atoms with Crippen LogP contribution in [0.3, 0.4) is 0 Å². The summed E-state index contributed by atoms with van der Waals surface area (Å²) in [7, 11) is 0. The fraction of sp³-hybridized carbons (Fsp3) is 0.308. The summed E-state index contributed by atoms with van der Waals surface area (Å²) >= 11 is 1.50. The maximum Gasteiger partial charge on any atom is 0.573 e. The SMILES string of the molecule is FC(F)(F)Oc1ccc(NSN2CCCC(N3c4ccccc4CCc4ccccc43)C2)cc1. The summed E-state index contributed by atoms with van der Waals surface area (Å²) in [6, 6.07) is 23.5. The number of hydrogen-bond donors (Lipinski definition) is 1. The first kappa shape index (κ1) is 22.9. The smallest absolute Gasteiger partial charge is 0.406 e. The maximum absolute atomic E-state index is 12.4. The Kier molecular flexibility index (Phi) is 6.61. The van der Waals surface area contributed by atoms with Gasteiger partial charge in [0.15, 0.2) is 0 Å². The summed E-state index contributed by atoms with van der Waals surface area (Å²) in [4.78, 5) is 2.52. The minimum atomic E-state index is -4.68. The van der Waals surface area contributed by atoms with Gasteiger partial charge in [0.1, 0.15) is 5.75 Å². The van der Waals surface area contributed by atoms with Crippen LogP contribution in [0.25, 0.3) is 0 Å². The Morgan fingerprint density at radius 2 is 1.47 bits per heavy atom. The molecule has 3 aromatic carbocycles. The van der Waals surface area contributed by atoms with E-state index >= 15 is 0 Å². The van der Waals surface area contributed by atoms with Gasteiger partial charge in [0, 0.05) is 48.3 Å². The highest BCUT2D eigenvalue weighted by molar-refractivity contribution is 7.98.